The molecule has 0 saturated carbocycles. The molecule has 2 aromatic carbocycles. The Bertz CT molecular complexity index is 634. The molecule has 2 aromatic rings. The lowest BCUT2D eigenvalue weighted by molar-refractivity contribution is -0.122. The smallest absolute Gasteiger partial charge is 0.229 e. The fraction of sp³-hybridized carbons (Fsp3) is 0.278. The van der Waals surface area contributed by atoms with Gasteiger partial charge in [0, 0.05) is 19.6 Å². The van der Waals surface area contributed by atoms with Gasteiger partial charge in [0.05, 0.1) is 5.92 Å². The Hall–Kier alpha value is -2.13. The monoisotopic (exact) mass is 280 g/mol. The lowest BCUT2D eigenvalue weighted by atomic mass is 9.90. The molecule has 21 heavy (non-hydrogen) atoms. The van der Waals surface area contributed by atoms with Crippen LogP contribution in [0.1, 0.15) is 28.2 Å². The molecular weight excluding hydrogens is 260 g/mol. The molecule has 0 fully saturated rings. The van der Waals surface area contributed by atoms with Gasteiger partial charge >= 0.3 is 0 Å². The van der Waals surface area contributed by atoms with Gasteiger partial charge in [0.1, 0.15) is 0 Å². The number of rotatable bonds is 3. The Morgan fingerprint density at radius 3 is 2.76 bits per heavy atom. The molecule has 108 valence electrons. The molecule has 0 bridgehead atoms. The zero-order chi connectivity index (χ0) is 14.7. The van der Waals surface area contributed by atoms with Crippen LogP contribution in [0, 0.1) is 6.92 Å². The van der Waals surface area contributed by atoms with Gasteiger partial charge in [-0.05, 0) is 23.6 Å². The molecule has 1 amide bonds. The van der Waals surface area contributed by atoms with Crippen LogP contribution in [-0.2, 0) is 17.9 Å². The van der Waals surface area contributed by atoms with Gasteiger partial charge in [0.15, 0.2) is 0 Å². The highest BCUT2D eigenvalue weighted by molar-refractivity contribution is 5.84. The van der Waals surface area contributed by atoms with Crippen molar-refractivity contribution in [3.63, 3.8) is 0 Å². The summed E-state index contributed by atoms with van der Waals surface area (Å²) in [6, 6.07) is 16.4. The number of hydrogen-bond donors (Lipinski definition) is 2. The second kappa shape index (κ2) is 6.10. The average molecular weight is 280 g/mol. The molecule has 0 spiro atoms. The summed E-state index contributed by atoms with van der Waals surface area (Å²) in [5.74, 6) is -0.00405. The van der Waals surface area contributed by atoms with Gasteiger partial charge in [-0.15, -0.1) is 0 Å². The maximum absolute atomic E-state index is 12.4. The van der Waals surface area contributed by atoms with Gasteiger partial charge in [0.25, 0.3) is 0 Å². The Morgan fingerprint density at radius 2 is 1.95 bits per heavy atom. The van der Waals surface area contributed by atoms with Gasteiger partial charge in [-0.2, -0.15) is 0 Å². The van der Waals surface area contributed by atoms with E-state index >= 15 is 0 Å². The van der Waals surface area contributed by atoms with Gasteiger partial charge in [-0.25, -0.2) is 0 Å². The number of fused-ring (bicyclic) bond motifs is 1. The van der Waals surface area contributed by atoms with E-state index in [0.29, 0.717) is 13.1 Å². The van der Waals surface area contributed by atoms with Crippen molar-refractivity contribution in [1.82, 2.24) is 10.6 Å². The van der Waals surface area contributed by atoms with Gasteiger partial charge < -0.3 is 10.6 Å². The van der Waals surface area contributed by atoms with Crippen LogP contribution in [-0.4, -0.2) is 12.5 Å². The lowest BCUT2D eigenvalue weighted by Gasteiger charge is -2.25. The van der Waals surface area contributed by atoms with E-state index in [-0.39, 0.29) is 11.8 Å². The van der Waals surface area contributed by atoms with E-state index in [1.165, 1.54) is 11.1 Å². The first kappa shape index (κ1) is 13.8. The first-order chi connectivity index (χ1) is 10.2. The number of carbonyl (C=O) groups is 1. The fourth-order valence-electron chi connectivity index (χ4n) is 2.75. The molecule has 0 saturated heterocycles. The number of benzene rings is 2. The third kappa shape index (κ3) is 3.14. The highest BCUT2D eigenvalue weighted by Gasteiger charge is 2.25. The zero-order valence-corrected chi connectivity index (χ0v) is 12.2. The molecule has 3 rings (SSSR count). The van der Waals surface area contributed by atoms with Crippen LogP contribution in [0.3, 0.4) is 0 Å². The third-order valence-electron chi connectivity index (χ3n) is 4.00. The molecule has 1 heterocycles. The topological polar surface area (TPSA) is 41.1 Å². The quantitative estimate of drug-likeness (QED) is 0.907. The van der Waals surface area contributed by atoms with Gasteiger partial charge in [-0.3, -0.25) is 4.79 Å². The minimum absolute atomic E-state index is 0.0928. The maximum atomic E-state index is 12.4. The number of amides is 1. The van der Waals surface area contributed by atoms with Crippen molar-refractivity contribution in [2.24, 2.45) is 0 Å². The molecule has 0 radical (unpaired) electrons. The Kier molecular flexibility index (Phi) is 4.02. The van der Waals surface area contributed by atoms with Crippen molar-refractivity contribution >= 4 is 5.91 Å². The van der Waals surface area contributed by atoms with E-state index in [1.807, 2.05) is 12.1 Å². The highest BCUT2D eigenvalue weighted by atomic mass is 16.1. The highest BCUT2D eigenvalue weighted by Crippen LogP contribution is 2.23. The summed E-state index contributed by atoms with van der Waals surface area (Å²) in [6.45, 7) is 4.19. The summed E-state index contributed by atoms with van der Waals surface area (Å²) in [7, 11) is 0. The summed E-state index contributed by atoms with van der Waals surface area (Å²) in [4.78, 5) is 12.4. The first-order valence-corrected chi connectivity index (χ1v) is 7.36. The molecule has 1 aliphatic rings. The van der Waals surface area contributed by atoms with E-state index < -0.39 is 0 Å². The molecule has 1 aliphatic heterocycles. The minimum Gasteiger partial charge on any atom is -0.351 e. The number of carbonyl (C=O) groups excluding carboxylic acids is 1. The van der Waals surface area contributed by atoms with Crippen LogP contribution in [0.5, 0.6) is 0 Å². The Labute approximate surface area is 125 Å². The first-order valence-electron chi connectivity index (χ1n) is 7.36. The molecule has 1 unspecified atom stereocenters. The van der Waals surface area contributed by atoms with Crippen molar-refractivity contribution in [2.45, 2.75) is 25.9 Å². The van der Waals surface area contributed by atoms with E-state index in [0.717, 1.165) is 17.7 Å². The van der Waals surface area contributed by atoms with Crippen LogP contribution >= 0.6 is 0 Å². The van der Waals surface area contributed by atoms with Crippen molar-refractivity contribution in [3.05, 3.63) is 70.8 Å². The van der Waals surface area contributed by atoms with Crippen LogP contribution in [0.15, 0.2) is 48.5 Å². The Balaban J connectivity index is 1.68. The van der Waals surface area contributed by atoms with Crippen molar-refractivity contribution in [1.29, 1.82) is 0 Å². The van der Waals surface area contributed by atoms with Crippen LogP contribution < -0.4 is 10.6 Å². The normalized spacial score (nSPS) is 17.1. The minimum atomic E-state index is -0.0969. The van der Waals surface area contributed by atoms with E-state index in [9.17, 15) is 4.79 Å². The summed E-state index contributed by atoms with van der Waals surface area (Å²) < 4.78 is 0. The van der Waals surface area contributed by atoms with Crippen molar-refractivity contribution in [2.75, 3.05) is 6.54 Å². The SMILES string of the molecule is Cc1ccc(CNC(=O)C2CNCc3ccccc32)cc1. The Morgan fingerprint density at radius 1 is 1.19 bits per heavy atom. The molecule has 2 N–H and O–H groups in total. The van der Waals surface area contributed by atoms with Crippen molar-refractivity contribution < 1.29 is 4.79 Å². The van der Waals surface area contributed by atoms with E-state index in [2.05, 4.69) is 54.0 Å². The predicted molar refractivity (Wildman–Crippen MR) is 83.9 cm³/mol. The maximum Gasteiger partial charge on any atom is 0.229 e. The summed E-state index contributed by atoms with van der Waals surface area (Å²) >= 11 is 0. The second-order valence-electron chi connectivity index (χ2n) is 5.59. The standard InChI is InChI=1S/C18H20N2O/c1-13-6-8-14(9-7-13)10-20-18(21)17-12-19-11-15-4-2-3-5-16(15)17/h2-9,17,19H,10-12H2,1H3,(H,20,21). The van der Waals surface area contributed by atoms with Crippen LogP contribution in [0.2, 0.25) is 0 Å². The van der Waals surface area contributed by atoms with Crippen molar-refractivity contribution in [3.8, 4) is 0 Å². The van der Waals surface area contributed by atoms with Gasteiger partial charge in [-0.1, -0.05) is 54.1 Å². The largest absolute Gasteiger partial charge is 0.351 e. The molecule has 3 heteroatoms. The van der Waals surface area contributed by atoms with E-state index in [4.69, 9.17) is 0 Å². The number of nitrogens with one attached hydrogen (secondary N) is 2. The molecular formula is C18H20N2O. The van der Waals surface area contributed by atoms with Crippen LogP contribution in [0.4, 0.5) is 0 Å². The lowest BCUT2D eigenvalue weighted by Crippen LogP contribution is -2.38. The van der Waals surface area contributed by atoms with Crippen LogP contribution in [0.25, 0.3) is 0 Å². The average Bonchev–Trinajstić information content (AvgIpc) is 2.53. The second-order valence-corrected chi connectivity index (χ2v) is 5.59. The molecule has 1 atom stereocenters. The zero-order valence-electron chi connectivity index (χ0n) is 12.2. The third-order valence-corrected chi connectivity index (χ3v) is 4.00. The van der Waals surface area contributed by atoms with Gasteiger partial charge in [0.2, 0.25) is 5.91 Å². The molecule has 0 aliphatic carbocycles. The summed E-state index contributed by atoms with van der Waals surface area (Å²) in [6.07, 6.45) is 0. The molecule has 3 nitrogen and oxygen atoms in total. The van der Waals surface area contributed by atoms with E-state index in [1.54, 1.807) is 0 Å². The number of hydrogen-bond acceptors (Lipinski definition) is 2. The fourth-order valence-corrected chi connectivity index (χ4v) is 2.75. The number of aryl methyl sites for hydroxylation is 1. The molecule has 0 aromatic heterocycles. The summed E-state index contributed by atoms with van der Waals surface area (Å²) in [5, 5.41) is 6.37. The summed E-state index contributed by atoms with van der Waals surface area (Å²) in [5.41, 5.74) is 4.73. The predicted octanol–water partition coefficient (Wildman–Crippen LogP) is 2.50.